The molecule has 0 spiro atoms. The Kier molecular flexibility index (Phi) is 6.03. The Bertz CT molecular complexity index is 828. The van der Waals surface area contributed by atoms with E-state index < -0.39 is 0 Å². The van der Waals surface area contributed by atoms with Crippen molar-refractivity contribution in [1.29, 1.82) is 0 Å². The number of rotatable bonds is 6. The number of esters is 1. The van der Waals surface area contributed by atoms with Crippen LogP contribution >= 0.6 is 12.2 Å². The second-order valence-electron chi connectivity index (χ2n) is 8.02. The number of carbonyl (C=O) groups excluding carboxylic acids is 1. The summed E-state index contributed by atoms with van der Waals surface area (Å²) in [4.78, 5) is 18.2. The number of carbonyl (C=O) groups is 1. The summed E-state index contributed by atoms with van der Waals surface area (Å²) in [6.45, 7) is 7.21. The van der Waals surface area contributed by atoms with E-state index in [1.807, 2.05) is 18.2 Å². The van der Waals surface area contributed by atoms with Crippen LogP contribution in [0.15, 0.2) is 42.9 Å². The van der Waals surface area contributed by atoms with Gasteiger partial charge in [-0.2, -0.15) is 0 Å². The van der Waals surface area contributed by atoms with E-state index in [0.29, 0.717) is 24.5 Å². The first kappa shape index (κ1) is 20.3. The maximum Gasteiger partial charge on any atom is 0.305 e. The van der Waals surface area contributed by atoms with E-state index in [2.05, 4.69) is 59.0 Å². The van der Waals surface area contributed by atoms with E-state index >= 15 is 0 Å². The van der Waals surface area contributed by atoms with Gasteiger partial charge >= 0.3 is 5.97 Å². The van der Waals surface area contributed by atoms with Gasteiger partial charge in [-0.3, -0.25) is 9.78 Å². The van der Waals surface area contributed by atoms with Crippen LogP contribution in [-0.2, 0) is 15.1 Å². The first-order chi connectivity index (χ1) is 13.3. The van der Waals surface area contributed by atoms with Gasteiger partial charge in [0.15, 0.2) is 5.11 Å². The monoisotopic (exact) mass is 400 g/mol. The number of hydrogen-bond donors (Lipinski definition) is 1. The second-order valence-corrected chi connectivity index (χ2v) is 8.41. The van der Waals surface area contributed by atoms with Crippen molar-refractivity contribution >= 4 is 23.3 Å². The molecule has 0 saturated carbocycles. The number of nitrogens with one attached hydrogen (secondary N) is 1. The molecule has 1 aliphatic rings. The Morgan fingerprint density at radius 3 is 2.71 bits per heavy atom. The number of thiocarbonyl (C=S) groups is 1. The summed E-state index contributed by atoms with van der Waals surface area (Å²) in [7, 11) is 1.42. The van der Waals surface area contributed by atoms with Gasteiger partial charge in [0.25, 0.3) is 0 Å². The standard InChI is InChI=1S/C21H28N4O2S/c1-21(2,3)24-13-10-15(14-24)19-18(16-8-5-6-11-22-16)23-20(28)25(19)12-7-9-17(26)27-4/h5-6,8,10-11,13-14,18-19H,7,9,12H2,1-4H3,(H,23,28). The van der Waals surface area contributed by atoms with Crippen LogP contribution < -0.4 is 5.32 Å². The minimum Gasteiger partial charge on any atom is -0.469 e. The summed E-state index contributed by atoms with van der Waals surface area (Å²) in [5.41, 5.74) is 2.13. The third-order valence-electron chi connectivity index (χ3n) is 5.04. The Morgan fingerprint density at radius 2 is 2.11 bits per heavy atom. The predicted octanol–water partition coefficient (Wildman–Crippen LogP) is 3.56. The van der Waals surface area contributed by atoms with Crippen LogP contribution in [0.5, 0.6) is 0 Å². The van der Waals surface area contributed by atoms with Gasteiger partial charge in [0.2, 0.25) is 0 Å². The van der Waals surface area contributed by atoms with Gasteiger partial charge in [0.05, 0.1) is 24.9 Å². The third kappa shape index (κ3) is 4.35. The summed E-state index contributed by atoms with van der Waals surface area (Å²) in [6.07, 6.45) is 7.15. The van der Waals surface area contributed by atoms with Gasteiger partial charge in [-0.05, 0) is 63.2 Å². The van der Waals surface area contributed by atoms with Crippen LogP contribution in [0, 0.1) is 0 Å². The highest BCUT2D eigenvalue weighted by molar-refractivity contribution is 7.80. The second kappa shape index (κ2) is 8.31. The molecule has 7 heteroatoms. The van der Waals surface area contributed by atoms with Gasteiger partial charge in [-0.25, -0.2) is 0 Å². The number of ether oxygens (including phenoxy) is 1. The van der Waals surface area contributed by atoms with Gasteiger partial charge < -0.3 is 19.5 Å². The topological polar surface area (TPSA) is 59.4 Å². The van der Waals surface area contributed by atoms with Crippen LogP contribution in [0.3, 0.4) is 0 Å². The largest absolute Gasteiger partial charge is 0.469 e. The highest BCUT2D eigenvalue weighted by Gasteiger charge is 2.40. The van der Waals surface area contributed by atoms with Crippen molar-refractivity contribution in [2.75, 3.05) is 13.7 Å². The van der Waals surface area contributed by atoms with Crippen LogP contribution in [0.2, 0.25) is 0 Å². The third-order valence-corrected chi connectivity index (χ3v) is 5.39. The molecule has 2 unspecified atom stereocenters. The fourth-order valence-electron chi connectivity index (χ4n) is 3.51. The molecule has 0 aliphatic carbocycles. The minimum absolute atomic E-state index is 0.000991. The first-order valence-corrected chi connectivity index (χ1v) is 9.95. The van der Waals surface area contributed by atoms with Crippen molar-refractivity contribution in [3.63, 3.8) is 0 Å². The molecule has 3 heterocycles. The molecule has 2 atom stereocenters. The van der Waals surface area contributed by atoms with E-state index in [-0.39, 0.29) is 23.6 Å². The van der Waals surface area contributed by atoms with Crippen LogP contribution in [0.25, 0.3) is 0 Å². The first-order valence-electron chi connectivity index (χ1n) is 9.54. The summed E-state index contributed by atoms with van der Waals surface area (Å²) in [5, 5.41) is 4.13. The minimum atomic E-state index is -0.199. The molecule has 0 radical (unpaired) electrons. The molecule has 28 heavy (non-hydrogen) atoms. The molecular weight excluding hydrogens is 372 g/mol. The maximum absolute atomic E-state index is 11.5. The molecule has 0 bridgehead atoms. The Balaban J connectivity index is 1.90. The smallest absolute Gasteiger partial charge is 0.305 e. The fraction of sp³-hybridized carbons (Fsp3) is 0.476. The Morgan fingerprint density at radius 1 is 1.32 bits per heavy atom. The maximum atomic E-state index is 11.5. The zero-order chi connectivity index (χ0) is 20.3. The van der Waals surface area contributed by atoms with Gasteiger partial charge in [-0.15, -0.1) is 0 Å². The Labute approximate surface area is 171 Å². The van der Waals surface area contributed by atoms with Crippen LogP contribution in [0.1, 0.15) is 57.0 Å². The molecule has 3 rings (SSSR count). The number of hydrogen-bond acceptors (Lipinski definition) is 4. The summed E-state index contributed by atoms with van der Waals surface area (Å²) in [6, 6.07) is 8.05. The molecule has 1 N–H and O–H groups in total. The number of pyridine rings is 1. The molecule has 0 amide bonds. The quantitative estimate of drug-likeness (QED) is 0.591. The lowest BCUT2D eigenvalue weighted by Crippen LogP contribution is -2.31. The summed E-state index contributed by atoms with van der Waals surface area (Å²) < 4.78 is 6.98. The SMILES string of the molecule is COC(=O)CCCN1C(=S)NC(c2ccccn2)C1c1ccn(C(C)(C)C)c1. The molecule has 6 nitrogen and oxygen atoms in total. The lowest BCUT2D eigenvalue weighted by molar-refractivity contribution is -0.140. The molecule has 1 aliphatic heterocycles. The lowest BCUT2D eigenvalue weighted by Gasteiger charge is -2.27. The zero-order valence-corrected chi connectivity index (χ0v) is 17.7. The lowest BCUT2D eigenvalue weighted by atomic mass is 9.99. The average molecular weight is 401 g/mol. The molecular formula is C21H28N4O2S. The van der Waals surface area contributed by atoms with Gasteiger partial charge in [0, 0.05) is 37.1 Å². The van der Waals surface area contributed by atoms with Crippen molar-refractivity contribution in [1.82, 2.24) is 19.8 Å². The van der Waals surface area contributed by atoms with Crippen LogP contribution in [-0.4, -0.2) is 39.2 Å². The molecule has 2 aromatic heterocycles. The highest BCUT2D eigenvalue weighted by Crippen LogP contribution is 2.39. The normalized spacial score (nSPS) is 19.6. The molecule has 150 valence electrons. The Hall–Kier alpha value is -2.41. The fourth-order valence-corrected chi connectivity index (χ4v) is 3.84. The van der Waals surface area contributed by atoms with Gasteiger partial charge in [0.1, 0.15) is 0 Å². The predicted molar refractivity (Wildman–Crippen MR) is 113 cm³/mol. The van der Waals surface area contributed by atoms with Crippen molar-refractivity contribution in [2.24, 2.45) is 0 Å². The molecule has 1 fully saturated rings. The van der Waals surface area contributed by atoms with E-state index in [9.17, 15) is 4.79 Å². The van der Waals surface area contributed by atoms with E-state index in [0.717, 1.165) is 5.69 Å². The van der Waals surface area contributed by atoms with E-state index in [1.165, 1.54) is 12.7 Å². The molecule has 2 aromatic rings. The summed E-state index contributed by atoms with van der Waals surface area (Å²) in [5.74, 6) is -0.199. The molecule has 0 aromatic carbocycles. The van der Waals surface area contributed by atoms with Crippen molar-refractivity contribution in [3.05, 3.63) is 54.1 Å². The number of nitrogens with zero attached hydrogens (tertiary/aromatic N) is 3. The molecule has 1 saturated heterocycles. The van der Waals surface area contributed by atoms with Crippen molar-refractivity contribution in [3.8, 4) is 0 Å². The zero-order valence-electron chi connectivity index (χ0n) is 16.9. The van der Waals surface area contributed by atoms with Crippen molar-refractivity contribution < 1.29 is 9.53 Å². The average Bonchev–Trinajstić information content (AvgIpc) is 3.27. The van der Waals surface area contributed by atoms with Crippen LogP contribution in [0.4, 0.5) is 0 Å². The summed E-state index contributed by atoms with van der Waals surface area (Å²) >= 11 is 5.65. The van der Waals surface area contributed by atoms with Crippen molar-refractivity contribution in [2.45, 2.75) is 51.2 Å². The van der Waals surface area contributed by atoms with Gasteiger partial charge in [-0.1, -0.05) is 6.07 Å². The number of methoxy groups -OCH3 is 1. The highest BCUT2D eigenvalue weighted by atomic mass is 32.1. The van der Waals surface area contributed by atoms with E-state index in [4.69, 9.17) is 17.0 Å². The number of aromatic nitrogens is 2. The van der Waals surface area contributed by atoms with E-state index in [1.54, 1.807) is 6.20 Å².